The van der Waals surface area contributed by atoms with Crippen molar-refractivity contribution in [3.8, 4) is 17.3 Å². The van der Waals surface area contributed by atoms with Crippen LogP contribution in [0, 0.1) is 30.1 Å². The quantitative estimate of drug-likeness (QED) is 0.563. The first-order valence-electron chi connectivity index (χ1n) is 9.18. The maximum atomic E-state index is 12.3. The van der Waals surface area contributed by atoms with Crippen LogP contribution in [0.3, 0.4) is 0 Å². The highest BCUT2D eigenvalue weighted by Gasteiger charge is 2.42. The third-order valence-electron chi connectivity index (χ3n) is 5.32. The van der Waals surface area contributed by atoms with E-state index in [9.17, 15) is 4.79 Å². The van der Waals surface area contributed by atoms with Crippen molar-refractivity contribution in [3.63, 3.8) is 0 Å². The Balaban J connectivity index is 1.69. The molecule has 2 heterocycles. The predicted molar refractivity (Wildman–Crippen MR) is 114 cm³/mol. The summed E-state index contributed by atoms with van der Waals surface area (Å²) in [5.74, 6) is 0.641. The van der Waals surface area contributed by atoms with E-state index in [0.717, 1.165) is 22.9 Å². The molecule has 0 saturated heterocycles. The number of pyridine rings is 2. The van der Waals surface area contributed by atoms with Gasteiger partial charge in [-0.15, -0.1) is 0 Å². The standard InChI is InChI=1S/C21H19ClN6O/c1-10-16(24)3-2-15(22)19(10)17-7-12-8-18(26-9-14(12)20(25)27-17)28-21(29)13-6-11(13)4-5-23/h2-3,7-9,11,13H,4,6,24H2,1H3,(H2,25,27)(H,26,28,29)/t11-,13-/m1/s1. The number of nitrogen functional groups attached to an aromatic ring is 2. The second-order valence-electron chi connectivity index (χ2n) is 7.27. The van der Waals surface area contributed by atoms with Crippen LogP contribution in [0.15, 0.2) is 30.5 Å². The number of hydrogen-bond donors (Lipinski definition) is 3. The number of carbonyl (C=O) groups is 1. The molecule has 7 nitrogen and oxygen atoms in total. The van der Waals surface area contributed by atoms with Crippen molar-refractivity contribution in [2.45, 2.75) is 19.8 Å². The fraction of sp³-hybridized carbons (Fsp3) is 0.238. The Morgan fingerprint density at radius 1 is 1.38 bits per heavy atom. The van der Waals surface area contributed by atoms with E-state index in [1.54, 1.807) is 24.4 Å². The van der Waals surface area contributed by atoms with Gasteiger partial charge in [-0.1, -0.05) is 11.6 Å². The number of amides is 1. The molecular weight excluding hydrogens is 388 g/mol. The molecule has 2 aromatic heterocycles. The molecule has 8 heteroatoms. The van der Waals surface area contributed by atoms with Gasteiger partial charge in [0, 0.05) is 35.2 Å². The topological polar surface area (TPSA) is 131 Å². The van der Waals surface area contributed by atoms with E-state index in [-0.39, 0.29) is 17.7 Å². The molecule has 0 spiro atoms. The molecule has 3 aromatic rings. The van der Waals surface area contributed by atoms with Crippen molar-refractivity contribution in [2.24, 2.45) is 11.8 Å². The molecular formula is C21H19ClN6O. The van der Waals surface area contributed by atoms with Gasteiger partial charge in [0.1, 0.15) is 11.6 Å². The van der Waals surface area contributed by atoms with Crippen molar-refractivity contribution < 1.29 is 4.79 Å². The highest BCUT2D eigenvalue weighted by Crippen LogP contribution is 2.42. The number of anilines is 3. The summed E-state index contributed by atoms with van der Waals surface area (Å²) < 4.78 is 0. The number of hydrogen-bond acceptors (Lipinski definition) is 6. The van der Waals surface area contributed by atoms with E-state index < -0.39 is 0 Å². The molecule has 1 fully saturated rings. The Labute approximate surface area is 172 Å². The van der Waals surface area contributed by atoms with E-state index in [0.29, 0.717) is 39.8 Å². The third kappa shape index (κ3) is 3.55. The average Bonchev–Trinajstić information content (AvgIpc) is 3.45. The number of nitrogens with two attached hydrogens (primary N) is 2. The number of carbonyl (C=O) groups excluding carboxylic acids is 1. The van der Waals surface area contributed by atoms with Crippen LogP contribution in [-0.2, 0) is 4.79 Å². The van der Waals surface area contributed by atoms with E-state index in [1.165, 1.54) is 0 Å². The van der Waals surface area contributed by atoms with Crippen LogP contribution in [0.1, 0.15) is 18.4 Å². The molecule has 2 atom stereocenters. The van der Waals surface area contributed by atoms with Crippen LogP contribution in [0.5, 0.6) is 0 Å². The molecule has 5 N–H and O–H groups in total. The molecule has 146 valence electrons. The molecule has 0 radical (unpaired) electrons. The van der Waals surface area contributed by atoms with E-state index in [2.05, 4.69) is 21.4 Å². The molecule has 1 aliphatic carbocycles. The summed E-state index contributed by atoms with van der Waals surface area (Å²) in [6, 6.07) is 9.20. The Morgan fingerprint density at radius 2 is 2.17 bits per heavy atom. The molecule has 0 bridgehead atoms. The lowest BCUT2D eigenvalue weighted by Gasteiger charge is -2.13. The second kappa shape index (κ2) is 7.22. The summed E-state index contributed by atoms with van der Waals surface area (Å²) in [7, 11) is 0. The fourth-order valence-corrected chi connectivity index (χ4v) is 3.81. The molecule has 1 saturated carbocycles. The summed E-state index contributed by atoms with van der Waals surface area (Å²) in [6.07, 6.45) is 2.72. The van der Waals surface area contributed by atoms with E-state index in [1.807, 2.05) is 13.0 Å². The molecule has 1 aliphatic rings. The third-order valence-corrected chi connectivity index (χ3v) is 5.64. The molecule has 0 unspecified atom stereocenters. The van der Waals surface area contributed by atoms with Crippen molar-refractivity contribution in [1.29, 1.82) is 5.26 Å². The number of nitrogens with one attached hydrogen (secondary N) is 1. The van der Waals surface area contributed by atoms with Gasteiger partial charge >= 0.3 is 0 Å². The number of benzene rings is 1. The number of rotatable bonds is 4. The Kier molecular flexibility index (Phi) is 4.73. The maximum Gasteiger partial charge on any atom is 0.228 e. The summed E-state index contributed by atoms with van der Waals surface area (Å²) in [6.45, 7) is 1.88. The highest BCUT2D eigenvalue weighted by atomic mass is 35.5. The number of nitriles is 1. The van der Waals surface area contributed by atoms with Gasteiger partial charge in [0.15, 0.2) is 0 Å². The van der Waals surface area contributed by atoms with Gasteiger partial charge in [-0.05, 0) is 54.5 Å². The van der Waals surface area contributed by atoms with Gasteiger partial charge in [0.2, 0.25) is 5.91 Å². The van der Waals surface area contributed by atoms with Crippen LogP contribution in [0.4, 0.5) is 17.3 Å². The Morgan fingerprint density at radius 3 is 2.93 bits per heavy atom. The summed E-state index contributed by atoms with van der Waals surface area (Å²) >= 11 is 6.39. The van der Waals surface area contributed by atoms with Crippen LogP contribution >= 0.6 is 11.6 Å². The Hall–Kier alpha value is -3.37. The lowest BCUT2D eigenvalue weighted by atomic mass is 10.0. The first-order valence-corrected chi connectivity index (χ1v) is 9.56. The zero-order chi connectivity index (χ0) is 20.7. The zero-order valence-corrected chi connectivity index (χ0v) is 16.5. The predicted octanol–water partition coefficient (Wildman–Crippen LogP) is 3.91. The van der Waals surface area contributed by atoms with Crippen molar-refractivity contribution in [3.05, 3.63) is 41.0 Å². The van der Waals surface area contributed by atoms with Crippen LogP contribution in [-0.4, -0.2) is 15.9 Å². The minimum absolute atomic E-state index is 0.117. The fourth-order valence-electron chi connectivity index (χ4n) is 3.51. The minimum Gasteiger partial charge on any atom is -0.398 e. The first-order chi connectivity index (χ1) is 13.9. The van der Waals surface area contributed by atoms with Crippen molar-refractivity contribution in [2.75, 3.05) is 16.8 Å². The smallest absolute Gasteiger partial charge is 0.228 e. The van der Waals surface area contributed by atoms with Gasteiger partial charge < -0.3 is 16.8 Å². The van der Waals surface area contributed by atoms with Crippen LogP contribution in [0.2, 0.25) is 5.02 Å². The van der Waals surface area contributed by atoms with Crippen LogP contribution < -0.4 is 16.8 Å². The lowest BCUT2D eigenvalue weighted by molar-refractivity contribution is -0.117. The number of halogens is 1. The molecule has 29 heavy (non-hydrogen) atoms. The second-order valence-corrected chi connectivity index (χ2v) is 7.68. The average molecular weight is 407 g/mol. The minimum atomic E-state index is -0.126. The van der Waals surface area contributed by atoms with Gasteiger partial charge in [0.25, 0.3) is 0 Å². The normalized spacial score (nSPS) is 17.7. The molecule has 0 aliphatic heterocycles. The van der Waals surface area contributed by atoms with E-state index >= 15 is 0 Å². The van der Waals surface area contributed by atoms with Gasteiger partial charge in [-0.3, -0.25) is 4.79 Å². The first kappa shape index (κ1) is 19.0. The van der Waals surface area contributed by atoms with Gasteiger partial charge in [0.05, 0.1) is 16.8 Å². The largest absolute Gasteiger partial charge is 0.398 e. The van der Waals surface area contributed by atoms with Gasteiger partial charge in [-0.2, -0.15) is 5.26 Å². The van der Waals surface area contributed by atoms with Gasteiger partial charge in [-0.25, -0.2) is 9.97 Å². The summed E-state index contributed by atoms with van der Waals surface area (Å²) in [5, 5.41) is 13.6. The van der Waals surface area contributed by atoms with Crippen molar-refractivity contribution in [1.82, 2.24) is 9.97 Å². The Bertz CT molecular complexity index is 1190. The molecule has 4 rings (SSSR count). The summed E-state index contributed by atoms with van der Waals surface area (Å²) in [4.78, 5) is 21.1. The number of fused-ring (bicyclic) bond motifs is 1. The van der Waals surface area contributed by atoms with E-state index in [4.69, 9.17) is 28.3 Å². The number of nitrogens with zero attached hydrogens (tertiary/aromatic N) is 3. The SMILES string of the molecule is Cc1c(N)ccc(Cl)c1-c1cc2cc(NC(=O)[C@@H]3C[C@H]3CC#N)ncc2c(N)n1. The lowest BCUT2D eigenvalue weighted by Crippen LogP contribution is -2.15. The monoisotopic (exact) mass is 406 g/mol. The van der Waals surface area contributed by atoms with Crippen molar-refractivity contribution >= 4 is 45.6 Å². The molecule has 1 aromatic carbocycles. The maximum absolute atomic E-state index is 12.3. The zero-order valence-electron chi connectivity index (χ0n) is 15.7. The summed E-state index contributed by atoms with van der Waals surface area (Å²) in [5.41, 5.74) is 14.9. The highest BCUT2D eigenvalue weighted by molar-refractivity contribution is 6.33. The molecule has 1 amide bonds. The van der Waals surface area contributed by atoms with Crippen LogP contribution in [0.25, 0.3) is 22.0 Å². The number of aromatic nitrogens is 2.